The van der Waals surface area contributed by atoms with E-state index in [1.165, 1.54) is 13.8 Å². The van der Waals surface area contributed by atoms with Crippen LogP contribution in [-0.2, 0) is 28.7 Å². The number of nitrogens with zero attached hydrogens (tertiary/aromatic N) is 1. The van der Waals surface area contributed by atoms with Crippen molar-refractivity contribution < 1.29 is 33.8 Å². The Bertz CT molecular complexity index is 451. The Balaban J connectivity index is 2.72. The van der Waals surface area contributed by atoms with Crippen LogP contribution in [0.1, 0.15) is 20.3 Å². The molecular formula is C12H18N2O7. The molecule has 1 aliphatic rings. The topological polar surface area (TPSA) is 136 Å². The molecule has 0 aromatic carbocycles. The first-order chi connectivity index (χ1) is 9.72. The van der Waals surface area contributed by atoms with Gasteiger partial charge in [0.1, 0.15) is 24.8 Å². The maximum Gasteiger partial charge on any atom is 0.326 e. The van der Waals surface area contributed by atoms with Crippen molar-refractivity contribution in [3.8, 4) is 0 Å². The molecule has 0 spiro atoms. The summed E-state index contributed by atoms with van der Waals surface area (Å²) in [6.45, 7) is 1.98. The fraction of sp³-hybridized carbons (Fsp3) is 0.667. The minimum absolute atomic E-state index is 0.000931. The van der Waals surface area contributed by atoms with Crippen molar-refractivity contribution in [3.05, 3.63) is 0 Å². The number of aliphatic carboxylic acids is 1. The standard InChI is InChI=1S/C12H18N2O7/c1-6(15)20-5-9(13)11(17)14-4-8(21-7(2)16)3-10(14)12(18)19/h8-10H,3-5,13H2,1-2H3,(H,18,19). The summed E-state index contributed by atoms with van der Waals surface area (Å²) in [5.74, 6) is -3.02. The molecule has 1 saturated heterocycles. The van der Waals surface area contributed by atoms with Gasteiger partial charge in [-0.1, -0.05) is 0 Å². The number of hydrogen-bond donors (Lipinski definition) is 2. The average molecular weight is 302 g/mol. The number of hydrogen-bond acceptors (Lipinski definition) is 7. The molecule has 1 heterocycles. The third-order valence-electron chi connectivity index (χ3n) is 2.95. The fourth-order valence-corrected chi connectivity index (χ4v) is 2.09. The maximum atomic E-state index is 12.1. The van der Waals surface area contributed by atoms with E-state index >= 15 is 0 Å². The molecule has 9 nitrogen and oxygen atoms in total. The van der Waals surface area contributed by atoms with Gasteiger partial charge in [-0.2, -0.15) is 0 Å². The number of amides is 1. The van der Waals surface area contributed by atoms with Crippen LogP contribution < -0.4 is 5.73 Å². The number of rotatable bonds is 5. The molecule has 1 rings (SSSR count). The molecule has 3 atom stereocenters. The van der Waals surface area contributed by atoms with Gasteiger partial charge in [-0.25, -0.2) is 4.79 Å². The number of esters is 2. The van der Waals surface area contributed by atoms with Gasteiger partial charge in [-0.05, 0) is 0 Å². The predicted molar refractivity (Wildman–Crippen MR) is 67.9 cm³/mol. The molecule has 1 aliphatic heterocycles. The van der Waals surface area contributed by atoms with Crippen LogP contribution >= 0.6 is 0 Å². The van der Waals surface area contributed by atoms with Gasteiger partial charge in [-0.3, -0.25) is 14.4 Å². The monoisotopic (exact) mass is 302 g/mol. The minimum atomic E-state index is -1.21. The Morgan fingerprint density at radius 2 is 1.90 bits per heavy atom. The molecular weight excluding hydrogens is 284 g/mol. The summed E-state index contributed by atoms with van der Waals surface area (Å²) in [7, 11) is 0. The van der Waals surface area contributed by atoms with Gasteiger partial charge in [0.2, 0.25) is 5.91 Å². The van der Waals surface area contributed by atoms with Crippen LogP contribution in [0.5, 0.6) is 0 Å². The van der Waals surface area contributed by atoms with Gasteiger partial charge in [0, 0.05) is 20.3 Å². The van der Waals surface area contributed by atoms with E-state index in [0.29, 0.717) is 0 Å². The number of nitrogens with two attached hydrogens (primary N) is 1. The van der Waals surface area contributed by atoms with Crippen LogP contribution in [0.25, 0.3) is 0 Å². The molecule has 0 radical (unpaired) electrons. The van der Waals surface area contributed by atoms with Crippen molar-refractivity contribution in [2.45, 2.75) is 38.5 Å². The van der Waals surface area contributed by atoms with Gasteiger partial charge < -0.3 is 25.2 Å². The van der Waals surface area contributed by atoms with Crippen molar-refractivity contribution >= 4 is 23.8 Å². The van der Waals surface area contributed by atoms with E-state index in [4.69, 9.17) is 15.6 Å². The lowest BCUT2D eigenvalue weighted by Crippen LogP contribution is -2.50. The van der Waals surface area contributed by atoms with Crippen LogP contribution in [0.15, 0.2) is 0 Å². The number of carboxylic acids is 1. The van der Waals surface area contributed by atoms with E-state index in [9.17, 15) is 19.2 Å². The van der Waals surface area contributed by atoms with Crippen LogP contribution in [-0.4, -0.2) is 65.2 Å². The van der Waals surface area contributed by atoms with E-state index in [-0.39, 0.29) is 19.6 Å². The highest BCUT2D eigenvalue weighted by Gasteiger charge is 2.42. The number of ether oxygens (including phenoxy) is 2. The van der Waals surface area contributed by atoms with Crippen molar-refractivity contribution in [2.75, 3.05) is 13.2 Å². The lowest BCUT2D eigenvalue weighted by atomic mass is 10.2. The Morgan fingerprint density at radius 1 is 1.29 bits per heavy atom. The average Bonchev–Trinajstić information content (AvgIpc) is 2.78. The molecule has 0 aromatic heterocycles. The highest BCUT2D eigenvalue weighted by atomic mass is 16.5. The SMILES string of the molecule is CC(=O)OCC(N)C(=O)N1CC(OC(C)=O)CC1C(=O)O. The van der Waals surface area contributed by atoms with E-state index in [1.807, 2.05) is 0 Å². The highest BCUT2D eigenvalue weighted by molar-refractivity contribution is 5.88. The van der Waals surface area contributed by atoms with Crippen molar-refractivity contribution in [3.63, 3.8) is 0 Å². The van der Waals surface area contributed by atoms with E-state index in [1.54, 1.807) is 0 Å². The molecule has 21 heavy (non-hydrogen) atoms. The molecule has 1 amide bonds. The van der Waals surface area contributed by atoms with Crippen LogP contribution in [0.3, 0.4) is 0 Å². The summed E-state index contributed by atoms with van der Waals surface area (Å²) in [6, 6.07) is -2.28. The Hall–Kier alpha value is -2.16. The van der Waals surface area contributed by atoms with E-state index in [0.717, 1.165) is 4.90 Å². The zero-order valence-electron chi connectivity index (χ0n) is 11.8. The second kappa shape index (κ2) is 7.02. The van der Waals surface area contributed by atoms with Crippen molar-refractivity contribution in [2.24, 2.45) is 5.73 Å². The van der Waals surface area contributed by atoms with Crippen LogP contribution in [0.4, 0.5) is 0 Å². The van der Waals surface area contributed by atoms with E-state index in [2.05, 4.69) is 4.74 Å². The van der Waals surface area contributed by atoms with Crippen molar-refractivity contribution in [1.82, 2.24) is 4.90 Å². The first-order valence-electron chi connectivity index (χ1n) is 6.31. The van der Waals surface area contributed by atoms with E-state index < -0.39 is 42.0 Å². The normalized spacial score (nSPS) is 22.5. The smallest absolute Gasteiger partial charge is 0.326 e. The molecule has 0 aliphatic carbocycles. The van der Waals surface area contributed by atoms with Gasteiger partial charge in [-0.15, -0.1) is 0 Å². The second-order valence-electron chi connectivity index (χ2n) is 4.72. The predicted octanol–water partition coefficient (Wildman–Crippen LogP) is -1.51. The Morgan fingerprint density at radius 3 is 2.38 bits per heavy atom. The lowest BCUT2D eigenvalue weighted by Gasteiger charge is -2.24. The molecule has 0 saturated carbocycles. The van der Waals surface area contributed by atoms with Gasteiger partial charge >= 0.3 is 17.9 Å². The molecule has 3 N–H and O–H groups in total. The molecule has 118 valence electrons. The second-order valence-corrected chi connectivity index (χ2v) is 4.72. The molecule has 1 fully saturated rings. The summed E-state index contributed by atoms with van der Waals surface area (Å²) in [4.78, 5) is 45.9. The first kappa shape index (κ1) is 16.9. The summed E-state index contributed by atoms with van der Waals surface area (Å²) in [5, 5.41) is 9.12. The largest absolute Gasteiger partial charge is 0.480 e. The first-order valence-corrected chi connectivity index (χ1v) is 6.31. The molecule has 3 unspecified atom stereocenters. The quantitative estimate of drug-likeness (QED) is 0.585. The van der Waals surface area contributed by atoms with Crippen LogP contribution in [0.2, 0.25) is 0 Å². The number of carbonyl (C=O) groups is 4. The minimum Gasteiger partial charge on any atom is -0.480 e. The fourth-order valence-electron chi connectivity index (χ4n) is 2.09. The molecule has 0 bridgehead atoms. The maximum absolute atomic E-state index is 12.1. The number of carbonyl (C=O) groups excluding carboxylic acids is 3. The lowest BCUT2D eigenvalue weighted by molar-refractivity contribution is -0.151. The molecule has 9 heteroatoms. The summed E-state index contributed by atoms with van der Waals surface area (Å²) in [5.41, 5.74) is 5.59. The van der Waals surface area contributed by atoms with Gasteiger partial charge in [0.15, 0.2) is 0 Å². The summed E-state index contributed by atoms with van der Waals surface area (Å²) < 4.78 is 9.55. The molecule has 0 aromatic rings. The van der Waals surface area contributed by atoms with Gasteiger partial charge in [0.05, 0.1) is 6.54 Å². The Labute approximate surface area is 121 Å². The third kappa shape index (κ3) is 4.71. The van der Waals surface area contributed by atoms with Crippen LogP contribution in [0, 0.1) is 0 Å². The number of likely N-dealkylation sites (tertiary alicyclic amines) is 1. The third-order valence-corrected chi connectivity index (χ3v) is 2.95. The zero-order valence-corrected chi connectivity index (χ0v) is 11.8. The zero-order chi connectivity index (χ0) is 16.2. The summed E-state index contributed by atoms with van der Waals surface area (Å²) in [6.07, 6.45) is -0.686. The Kier molecular flexibility index (Phi) is 5.65. The summed E-state index contributed by atoms with van der Waals surface area (Å²) >= 11 is 0. The highest BCUT2D eigenvalue weighted by Crippen LogP contribution is 2.21. The van der Waals surface area contributed by atoms with Crippen molar-refractivity contribution in [1.29, 1.82) is 0 Å². The number of carboxylic acid groups (broad SMARTS) is 1. The van der Waals surface area contributed by atoms with Gasteiger partial charge in [0.25, 0.3) is 0 Å².